The Labute approximate surface area is 149 Å². The summed E-state index contributed by atoms with van der Waals surface area (Å²) >= 11 is 0. The largest absolute Gasteiger partial charge is 0.416 e. The molecule has 9 heteroatoms. The molecule has 0 heterocycles. The summed E-state index contributed by atoms with van der Waals surface area (Å²) in [6.45, 7) is 0.277. The van der Waals surface area contributed by atoms with Gasteiger partial charge in [-0.3, -0.25) is 0 Å². The molecule has 2 aromatic carbocycles. The highest BCUT2D eigenvalue weighted by molar-refractivity contribution is 7.86. The van der Waals surface area contributed by atoms with Crippen molar-refractivity contribution < 1.29 is 30.9 Å². The van der Waals surface area contributed by atoms with Gasteiger partial charge in [-0.25, -0.2) is 0 Å². The predicted molar refractivity (Wildman–Crippen MR) is 90.0 cm³/mol. The molecule has 5 nitrogen and oxygen atoms in total. The van der Waals surface area contributed by atoms with Crippen LogP contribution in [-0.4, -0.2) is 26.3 Å². The Bertz CT molecular complexity index is 839. The average Bonchev–Trinajstić information content (AvgIpc) is 2.53. The zero-order valence-electron chi connectivity index (χ0n) is 13.8. The number of nitrogens with one attached hydrogen (secondary N) is 1. The van der Waals surface area contributed by atoms with E-state index < -0.39 is 33.7 Å². The number of hydrogen-bond donors (Lipinski definition) is 2. The number of aliphatic hydroxyl groups excluding tert-OH is 1. The van der Waals surface area contributed by atoms with Crippen LogP contribution in [0.25, 0.3) is 0 Å². The fraction of sp³-hybridized carbons (Fsp3) is 0.294. The van der Waals surface area contributed by atoms with Crippen LogP contribution in [-0.2, 0) is 22.8 Å². The van der Waals surface area contributed by atoms with Gasteiger partial charge in [-0.1, -0.05) is 36.4 Å². The first-order valence-electron chi connectivity index (χ1n) is 7.59. The maximum Gasteiger partial charge on any atom is 0.416 e. The fourth-order valence-corrected chi connectivity index (χ4v) is 2.81. The van der Waals surface area contributed by atoms with Gasteiger partial charge in [0.1, 0.15) is 5.75 Å². The molecule has 26 heavy (non-hydrogen) atoms. The van der Waals surface area contributed by atoms with Crippen molar-refractivity contribution in [2.45, 2.75) is 18.8 Å². The molecular formula is C17H18F3NO4S. The normalized spacial score (nSPS) is 13.4. The standard InChI is InChI=1S/C17H18F3NO4S/c1-26(23,24)25-13-7-8-14(15(9-13)17(18,19)20)16(22)11-21-10-12-5-3-2-4-6-12/h2-9,16,21-22H,10-11H2,1H3. The summed E-state index contributed by atoms with van der Waals surface area (Å²) in [5.74, 6) is -0.465. The second kappa shape index (κ2) is 8.07. The van der Waals surface area contributed by atoms with Crippen LogP contribution in [0.2, 0.25) is 0 Å². The van der Waals surface area contributed by atoms with Gasteiger partial charge in [-0.05, 0) is 23.3 Å². The monoisotopic (exact) mass is 389 g/mol. The number of aliphatic hydroxyl groups is 1. The summed E-state index contributed by atoms with van der Waals surface area (Å²) in [4.78, 5) is 0. The third-order valence-corrected chi connectivity index (χ3v) is 3.94. The highest BCUT2D eigenvalue weighted by atomic mass is 32.2. The van der Waals surface area contributed by atoms with E-state index in [9.17, 15) is 26.7 Å². The van der Waals surface area contributed by atoms with Crippen molar-refractivity contribution in [3.63, 3.8) is 0 Å². The highest BCUT2D eigenvalue weighted by Gasteiger charge is 2.35. The van der Waals surface area contributed by atoms with E-state index in [1.54, 1.807) is 0 Å². The van der Waals surface area contributed by atoms with Crippen molar-refractivity contribution >= 4 is 10.1 Å². The van der Waals surface area contributed by atoms with E-state index in [1.165, 1.54) is 0 Å². The van der Waals surface area contributed by atoms with Crippen molar-refractivity contribution in [1.82, 2.24) is 5.32 Å². The van der Waals surface area contributed by atoms with Crippen molar-refractivity contribution in [1.29, 1.82) is 0 Å². The Hall–Kier alpha value is -2.10. The SMILES string of the molecule is CS(=O)(=O)Oc1ccc(C(O)CNCc2ccccc2)c(C(F)(F)F)c1. The molecule has 0 spiro atoms. The van der Waals surface area contributed by atoms with Gasteiger partial charge in [0.15, 0.2) is 0 Å². The number of hydrogen-bond acceptors (Lipinski definition) is 5. The first-order valence-corrected chi connectivity index (χ1v) is 9.41. The van der Waals surface area contributed by atoms with Gasteiger partial charge in [-0.15, -0.1) is 0 Å². The van der Waals surface area contributed by atoms with E-state index >= 15 is 0 Å². The molecule has 0 fully saturated rings. The molecule has 0 aliphatic heterocycles. The summed E-state index contributed by atoms with van der Waals surface area (Å²) < 4.78 is 66.5. The lowest BCUT2D eigenvalue weighted by Crippen LogP contribution is -2.23. The molecule has 0 bridgehead atoms. The maximum absolute atomic E-state index is 13.3. The topological polar surface area (TPSA) is 75.6 Å². The smallest absolute Gasteiger partial charge is 0.387 e. The van der Waals surface area contributed by atoms with Crippen LogP contribution in [0.4, 0.5) is 13.2 Å². The zero-order valence-corrected chi connectivity index (χ0v) is 14.6. The molecule has 0 saturated carbocycles. The van der Waals surface area contributed by atoms with Crippen LogP contribution in [0.5, 0.6) is 5.75 Å². The second-order valence-electron chi connectivity index (χ2n) is 5.67. The van der Waals surface area contributed by atoms with Gasteiger partial charge in [0.25, 0.3) is 0 Å². The Morgan fingerprint density at radius 3 is 2.38 bits per heavy atom. The van der Waals surface area contributed by atoms with Crippen LogP contribution in [0.1, 0.15) is 22.8 Å². The molecule has 1 atom stereocenters. The Morgan fingerprint density at radius 1 is 1.15 bits per heavy atom. The van der Waals surface area contributed by atoms with E-state index in [1.807, 2.05) is 30.3 Å². The molecule has 2 rings (SSSR count). The maximum atomic E-state index is 13.3. The van der Waals surface area contributed by atoms with Crippen molar-refractivity contribution in [3.8, 4) is 5.75 Å². The van der Waals surface area contributed by atoms with E-state index in [4.69, 9.17) is 0 Å². The average molecular weight is 389 g/mol. The predicted octanol–water partition coefficient (Wildman–Crippen LogP) is 2.87. The van der Waals surface area contributed by atoms with Gasteiger partial charge >= 0.3 is 16.3 Å². The van der Waals surface area contributed by atoms with Gasteiger partial charge in [0.2, 0.25) is 0 Å². The lowest BCUT2D eigenvalue weighted by atomic mass is 10.0. The summed E-state index contributed by atoms with van der Waals surface area (Å²) in [6, 6.07) is 11.8. The number of rotatable bonds is 7. The quantitative estimate of drug-likeness (QED) is 0.713. The minimum atomic E-state index is -4.77. The number of alkyl halides is 3. The Morgan fingerprint density at radius 2 is 1.81 bits per heavy atom. The highest BCUT2D eigenvalue weighted by Crippen LogP contribution is 2.37. The lowest BCUT2D eigenvalue weighted by Gasteiger charge is -2.19. The molecule has 142 valence electrons. The minimum absolute atomic E-state index is 0.107. The van der Waals surface area contributed by atoms with Gasteiger partial charge < -0.3 is 14.6 Å². The van der Waals surface area contributed by atoms with E-state index in [0.717, 1.165) is 24.0 Å². The van der Waals surface area contributed by atoms with Crippen LogP contribution < -0.4 is 9.50 Å². The molecule has 0 amide bonds. The Balaban J connectivity index is 2.15. The third-order valence-electron chi connectivity index (χ3n) is 3.45. The molecular weight excluding hydrogens is 371 g/mol. The fourth-order valence-electron chi connectivity index (χ4n) is 2.36. The van der Waals surface area contributed by atoms with Crippen LogP contribution in [0.3, 0.4) is 0 Å². The van der Waals surface area contributed by atoms with Crippen molar-refractivity contribution in [2.24, 2.45) is 0 Å². The molecule has 0 aliphatic carbocycles. The molecule has 2 N–H and O–H groups in total. The number of benzene rings is 2. The molecule has 0 radical (unpaired) electrons. The third kappa shape index (κ3) is 6.01. The van der Waals surface area contributed by atoms with E-state index in [0.29, 0.717) is 12.6 Å². The summed E-state index contributed by atoms with van der Waals surface area (Å²) in [5.41, 5.74) is -0.584. The summed E-state index contributed by atoms with van der Waals surface area (Å²) in [7, 11) is -3.96. The molecule has 0 aliphatic rings. The number of halogens is 3. The molecule has 0 aromatic heterocycles. The second-order valence-corrected chi connectivity index (χ2v) is 7.24. The molecule has 0 saturated heterocycles. The van der Waals surface area contributed by atoms with Crippen LogP contribution >= 0.6 is 0 Å². The lowest BCUT2D eigenvalue weighted by molar-refractivity contribution is -0.139. The zero-order chi connectivity index (χ0) is 19.4. The molecule has 1 unspecified atom stereocenters. The van der Waals surface area contributed by atoms with Crippen molar-refractivity contribution in [2.75, 3.05) is 12.8 Å². The van der Waals surface area contributed by atoms with E-state index in [2.05, 4.69) is 9.50 Å². The van der Waals surface area contributed by atoms with Gasteiger partial charge in [-0.2, -0.15) is 21.6 Å². The van der Waals surface area contributed by atoms with E-state index in [-0.39, 0.29) is 12.1 Å². The van der Waals surface area contributed by atoms with Crippen molar-refractivity contribution in [3.05, 3.63) is 65.2 Å². The first-order chi connectivity index (χ1) is 12.1. The first kappa shape index (κ1) is 20.2. The van der Waals surface area contributed by atoms with Crippen LogP contribution in [0, 0.1) is 0 Å². The van der Waals surface area contributed by atoms with Gasteiger partial charge in [0.05, 0.1) is 17.9 Å². The summed E-state index contributed by atoms with van der Waals surface area (Å²) in [6.07, 6.45) is -5.47. The van der Waals surface area contributed by atoms with Crippen LogP contribution in [0.15, 0.2) is 48.5 Å². The summed E-state index contributed by atoms with van der Waals surface area (Å²) in [5, 5.41) is 13.0. The Kier molecular flexibility index (Phi) is 6.27. The minimum Gasteiger partial charge on any atom is -0.387 e. The van der Waals surface area contributed by atoms with Gasteiger partial charge in [0, 0.05) is 13.1 Å². The molecule has 2 aromatic rings.